The molecule has 1 atom stereocenters. The quantitative estimate of drug-likeness (QED) is 0.921. The molecule has 1 amide bonds. The summed E-state index contributed by atoms with van der Waals surface area (Å²) in [5.41, 5.74) is 0.705. The van der Waals surface area contributed by atoms with Crippen molar-refractivity contribution in [3.8, 4) is 0 Å². The van der Waals surface area contributed by atoms with Crippen molar-refractivity contribution in [1.82, 2.24) is 10.3 Å². The topological polar surface area (TPSA) is 54.5 Å². The van der Waals surface area contributed by atoms with Crippen molar-refractivity contribution >= 4 is 11.9 Å². The first-order chi connectivity index (χ1) is 10.9. The van der Waals surface area contributed by atoms with Crippen LogP contribution in [0.25, 0.3) is 0 Å². The van der Waals surface area contributed by atoms with Crippen LogP contribution in [-0.2, 0) is 4.74 Å². The normalized spacial score (nSPS) is 21.8. The fourth-order valence-corrected chi connectivity index (χ4v) is 3.10. The minimum Gasteiger partial charge on any atom is -0.443 e. The molecule has 3 rings (SSSR count). The predicted octanol–water partition coefficient (Wildman–Crippen LogP) is 3.80. The number of carbonyl (C=O) groups excluding carboxylic acids is 1. The monoisotopic (exact) mass is 317 g/mol. The highest BCUT2D eigenvalue weighted by Crippen LogP contribution is 2.31. The molecule has 1 aromatic heterocycles. The summed E-state index contributed by atoms with van der Waals surface area (Å²) in [6.07, 6.45) is 7.17. The van der Waals surface area contributed by atoms with E-state index < -0.39 is 5.60 Å². The predicted molar refractivity (Wildman–Crippen MR) is 90.6 cm³/mol. The minimum atomic E-state index is -0.493. The van der Waals surface area contributed by atoms with Crippen LogP contribution in [0.5, 0.6) is 0 Å². The Morgan fingerprint density at radius 3 is 2.52 bits per heavy atom. The molecule has 126 valence electrons. The maximum absolute atomic E-state index is 12.6. The van der Waals surface area contributed by atoms with E-state index in [-0.39, 0.29) is 12.1 Å². The summed E-state index contributed by atoms with van der Waals surface area (Å²) in [5.74, 6) is 0.700. The van der Waals surface area contributed by atoms with Gasteiger partial charge in [0.1, 0.15) is 11.4 Å². The van der Waals surface area contributed by atoms with E-state index >= 15 is 0 Å². The van der Waals surface area contributed by atoms with Gasteiger partial charge in [0.25, 0.3) is 0 Å². The smallest absolute Gasteiger partial charge is 0.416 e. The second-order valence-electron chi connectivity index (χ2n) is 7.53. The van der Waals surface area contributed by atoms with Crippen LogP contribution in [-0.4, -0.2) is 29.3 Å². The van der Waals surface area contributed by atoms with Gasteiger partial charge in [0, 0.05) is 18.3 Å². The summed E-state index contributed by atoms with van der Waals surface area (Å²) in [6.45, 7) is 6.75. The Hall–Kier alpha value is -1.62. The van der Waals surface area contributed by atoms with E-state index in [4.69, 9.17) is 4.74 Å². The number of nitrogens with zero attached hydrogens (tertiary/aromatic N) is 2. The Morgan fingerprint density at radius 2 is 2.04 bits per heavy atom. The van der Waals surface area contributed by atoms with E-state index in [1.807, 2.05) is 33.0 Å². The maximum atomic E-state index is 12.6. The van der Waals surface area contributed by atoms with Gasteiger partial charge in [-0.15, -0.1) is 0 Å². The Kier molecular flexibility index (Phi) is 4.57. The standard InChI is InChI=1S/C18H27N3O2/c1-18(2,3)23-17(22)21(14-6-4-7-14)16-10-9-13(12-20-16)15-8-5-11-19-15/h9-10,12,14-15,19H,4-8,11H2,1-3H3/t15-/m0/s1. The van der Waals surface area contributed by atoms with E-state index in [9.17, 15) is 4.79 Å². The van der Waals surface area contributed by atoms with E-state index in [1.165, 1.54) is 12.0 Å². The number of hydrogen-bond acceptors (Lipinski definition) is 4. The largest absolute Gasteiger partial charge is 0.443 e. The molecule has 1 aromatic rings. The van der Waals surface area contributed by atoms with Gasteiger partial charge >= 0.3 is 6.09 Å². The van der Waals surface area contributed by atoms with Crippen LogP contribution < -0.4 is 10.2 Å². The number of amides is 1. The van der Waals surface area contributed by atoms with E-state index in [2.05, 4.69) is 16.4 Å². The van der Waals surface area contributed by atoms with E-state index in [0.717, 1.165) is 32.2 Å². The lowest BCUT2D eigenvalue weighted by molar-refractivity contribution is 0.0548. The third-order valence-electron chi connectivity index (χ3n) is 4.51. The molecule has 2 aliphatic rings. The molecule has 23 heavy (non-hydrogen) atoms. The molecule has 0 radical (unpaired) electrons. The van der Waals surface area contributed by atoms with Crippen LogP contribution in [0.15, 0.2) is 18.3 Å². The van der Waals surface area contributed by atoms with Gasteiger partial charge in [-0.1, -0.05) is 6.07 Å². The van der Waals surface area contributed by atoms with Gasteiger partial charge in [-0.3, -0.25) is 4.90 Å². The molecule has 0 aromatic carbocycles. The van der Waals surface area contributed by atoms with Crippen molar-refractivity contribution in [2.45, 2.75) is 70.6 Å². The summed E-state index contributed by atoms with van der Waals surface area (Å²) >= 11 is 0. The van der Waals surface area contributed by atoms with Gasteiger partial charge in [0.2, 0.25) is 0 Å². The third kappa shape index (κ3) is 3.83. The second-order valence-corrected chi connectivity index (χ2v) is 7.53. The molecule has 1 saturated heterocycles. The second kappa shape index (κ2) is 6.48. The zero-order valence-electron chi connectivity index (χ0n) is 14.3. The molecule has 5 heteroatoms. The highest BCUT2D eigenvalue weighted by atomic mass is 16.6. The average molecular weight is 317 g/mol. The highest BCUT2D eigenvalue weighted by molar-refractivity contribution is 5.87. The average Bonchev–Trinajstić information content (AvgIpc) is 2.95. The van der Waals surface area contributed by atoms with Crippen molar-refractivity contribution in [2.75, 3.05) is 11.4 Å². The molecule has 0 bridgehead atoms. The Balaban J connectivity index is 1.77. The molecule has 1 aliphatic heterocycles. The molecule has 2 heterocycles. The molecular weight excluding hydrogens is 290 g/mol. The number of nitrogens with one attached hydrogen (secondary N) is 1. The van der Waals surface area contributed by atoms with E-state index in [0.29, 0.717) is 11.9 Å². The van der Waals surface area contributed by atoms with E-state index in [1.54, 1.807) is 4.90 Å². The van der Waals surface area contributed by atoms with Crippen LogP contribution in [0.2, 0.25) is 0 Å². The van der Waals surface area contributed by atoms with Crippen LogP contribution in [0.4, 0.5) is 10.6 Å². The molecule has 0 spiro atoms. The van der Waals surface area contributed by atoms with Crippen LogP contribution in [0.1, 0.15) is 64.5 Å². The molecular formula is C18H27N3O2. The summed E-state index contributed by atoms with van der Waals surface area (Å²) in [6, 6.07) is 4.65. The summed E-state index contributed by atoms with van der Waals surface area (Å²) in [7, 11) is 0. The Morgan fingerprint density at radius 1 is 1.26 bits per heavy atom. The number of aromatic nitrogens is 1. The zero-order chi connectivity index (χ0) is 16.4. The number of rotatable bonds is 3. The first-order valence-corrected chi connectivity index (χ1v) is 8.65. The Bertz CT molecular complexity index is 540. The fraction of sp³-hybridized carbons (Fsp3) is 0.667. The van der Waals surface area contributed by atoms with Gasteiger partial charge in [-0.2, -0.15) is 0 Å². The summed E-state index contributed by atoms with van der Waals surface area (Å²) in [5, 5.41) is 3.48. The van der Waals surface area contributed by atoms with Crippen LogP contribution in [0, 0.1) is 0 Å². The third-order valence-corrected chi connectivity index (χ3v) is 4.51. The number of ether oxygens (including phenoxy) is 1. The highest BCUT2D eigenvalue weighted by Gasteiger charge is 2.34. The molecule has 1 N–H and O–H groups in total. The number of pyridine rings is 1. The lowest BCUT2D eigenvalue weighted by Gasteiger charge is -2.37. The lowest BCUT2D eigenvalue weighted by atomic mass is 9.91. The van der Waals surface area contributed by atoms with Crippen molar-refractivity contribution in [3.63, 3.8) is 0 Å². The maximum Gasteiger partial charge on any atom is 0.416 e. The molecule has 5 nitrogen and oxygen atoms in total. The molecule has 0 unspecified atom stereocenters. The first-order valence-electron chi connectivity index (χ1n) is 8.65. The number of anilines is 1. The Labute approximate surface area is 138 Å². The first kappa shape index (κ1) is 16.2. The van der Waals surface area contributed by atoms with Gasteiger partial charge in [0.15, 0.2) is 0 Å². The number of carbonyl (C=O) groups is 1. The SMILES string of the molecule is CC(C)(C)OC(=O)N(c1ccc([C@@H]2CCCN2)cn1)C1CCC1. The molecule has 1 saturated carbocycles. The van der Waals surface area contributed by atoms with Crippen molar-refractivity contribution in [3.05, 3.63) is 23.9 Å². The van der Waals surface area contributed by atoms with Crippen LogP contribution >= 0.6 is 0 Å². The van der Waals surface area contributed by atoms with Crippen molar-refractivity contribution in [1.29, 1.82) is 0 Å². The molecule has 2 fully saturated rings. The zero-order valence-corrected chi connectivity index (χ0v) is 14.3. The minimum absolute atomic E-state index is 0.216. The summed E-state index contributed by atoms with van der Waals surface area (Å²) < 4.78 is 5.58. The van der Waals surface area contributed by atoms with Crippen molar-refractivity contribution in [2.24, 2.45) is 0 Å². The molecule has 1 aliphatic carbocycles. The van der Waals surface area contributed by atoms with Crippen molar-refractivity contribution < 1.29 is 9.53 Å². The fourth-order valence-electron chi connectivity index (χ4n) is 3.10. The van der Waals surface area contributed by atoms with Gasteiger partial charge < -0.3 is 10.1 Å². The van der Waals surface area contributed by atoms with Gasteiger partial charge in [-0.05, 0) is 71.0 Å². The van der Waals surface area contributed by atoms with Gasteiger partial charge in [-0.25, -0.2) is 9.78 Å². The van der Waals surface area contributed by atoms with Crippen LogP contribution in [0.3, 0.4) is 0 Å². The lowest BCUT2D eigenvalue weighted by Crippen LogP contribution is -2.47. The van der Waals surface area contributed by atoms with Gasteiger partial charge in [0.05, 0.1) is 0 Å². The number of hydrogen-bond donors (Lipinski definition) is 1. The summed E-state index contributed by atoms with van der Waals surface area (Å²) in [4.78, 5) is 18.9.